The molecule has 2 aliphatic rings. The second-order valence-corrected chi connectivity index (χ2v) is 11.4. The monoisotopic (exact) mass is 551 g/mol. The molecule has 3 heteroatoms. The lowest BCUT2D eigenvalue weighted by molar-refractivity contribution is 1.05. The van der Waals surface area contributed by atoms with E-state index in [1.165, 1.54) is 50.9 Å². The smallest absolute Gasteiger partial charge is 0.0346 e. The van der Waals surface area contributed by atoms with Gasteiger partial charge in [-0.1, -0.05) is 66.7 Å². The van der Waals surface area contributed by atoms with Gasteiger partial charge in [-0.25, -0.2) is 0 Å². The highest BCUT2D eigenvalue weighted by Gasteiger charge is 2.40. The summed E-state index contributed by atoms with van der Waals surface area (Å²) in [6.07, 6.45) is 12.8. The molecule has 2 atom stereocenters. The van der Waals surface area contributed by atoms with Crippen LogP contribution >= 0.6 is 0 Å². The van der Waals surface area contributed by atoms with E-state index >= 15 is 0 Å². The molecule has 204 valence electrons. The van der Waals surface area contributed by atoms with Crippen LogP contribution in [0, 0.1) is 11.8 Å². The van der Waals surface area contributed by atoms with Crippen molar-refractivity contribution in [2.45, 2.75) is 6.42 Å². The Morgan fingerprint density at radius 3 is 1.35 bits per heavy atom. The van der Waals surface area contributed by atoms with Gasteiger partial charge in [0.05, 0.1) is 0 Å². The third-order valence-corrected chi connectivity index (χ3v) is 8.57. The van der Waals surface area contributed by atoms with Crippen LogP contribution in [-0.4, -0.2) is 16.2 Å². The van der Waals surface area contributed by atoms with E-state index in [0.29, 0.717) is 11.8 Å². The molecule has 1 aliphatic heterocycles. The lowest BCUT2D eigenvalue weighted by atomic mass is 9.90. The number of rotatable bonds is 6. The molecule has 1 saturated carbocycles. The Morgan fingerprint density at radius 1 is 0.442 bits per heavy atom. The van der Waals surface area contributed by atoms with Gasteiger partial charge in [-0.15, -0.1) is 0 Å². The molecule has 4 aromatic carbocycles. The Hall–Kier alpha value is -5.41. The largest absolute Gasteiger partial charge is 0.268 e. The summed E-state index contributed by atoms with van der Waals surface area (Å²) in [4.78, 5) is 13.2. The van der Waals surface area contributed by atoms with E-state index in [9.17, 15) is 0 Å². The van der Waals surface area contributed by atoms with Gasteiger partial charge in [0.15, 0.2) is 0 Å². The number of fused-ring (bicyclic) bond motifs is 1. The van der Waals surface area contributed by atoms with Crippen LogP contribution in [-0.2, 0) is 0 Å². The van der Waals surface area contributed by atoms with Gasteiger partial charge in [0, 0.05) is 54.2 Å². The van der Waals surface area contributed by atoms with Crippen molar-refractivity contribution in [3.63, 3.8) is 0 Å². The highest BCUT2D eigenvalue weighted by molar-refractivity contribution is 5.86. The Labute approximate surface area is 252 Å². The Balaban J connectivity index is 1.26. The topological polar surface area (TPSA) is 38.1 Å². The van der Waals surface area contributed by atoms with Crippen molar-refractivity contribution in [3.05, 3.63) is 152 Å². The zero-order valence-corrected chi connectivity index (χ0v) is 23.6. The van der Waals surface area contributed by atoms with Crippen LogP contribution in [0.4, 0.5) is 0 Å². The van der Waals surface area contributed by atoms with E-state index < -0.39 is 0 Å². The summed E-state index contributed by atoms with van der Waals surface area (Å²) in [6.45, 7) is 0. The SMILES string of the molecule is C1=NC=C(c2cccc(-c3cc(-c4cccc(-c5cccnc5)c4)cc(-c4cccc(-c5cccnc5)c4)c3)c2)C2CC12. The maximum absolute atomic E-state index is 4.54. The third-order valence-electron chi connectivity index (χ3n) is 8.57. The summed E-state index contributed by atoms with van der Waals surface area (Å²) in [6, 6.07) is 41.6. The normalized spacial score (nSPS) is 16.8. The Kier molecular flexibility index (Phi) is 6.34. The first kappa shape index (κ1) is 25.3. The highest BCUT2D eigenvalue weighted by atomic mass is 14.7. The summed E-state index contributed by atoms with van der Waals surface area (Å²) >= 11 is 0. The lowest BCUT2D eigenvalue weighted by Gasteiger charge is -2.15. The average Bonchev–Trinajstić information content (AvgIpc) is 3.90. The molecule has 2 aromatic heterocycles. The van der Waals surface area contributed by atoms with Crippen molar-refractivity contribution in [2.24, 2.45) is 16.8 Å². The van der Waals surface area contributed by atoms with Crippen molar-refractivity contribution in [1.29, 1.82) is 0 Å². The van der Waals surface area contributed by atoms with Gasteiger partial charge >= 0.3 is 0 Å². The molecule has 2 unspecified atom stereocenters. The summed E-state index contributed by atoms with van der Waals surface area (Å²) in [5, 5.41) is 0. The predicted molar refractivity (Wildman–Crippen MR) is 177 cm³/mol. The Bertz CT molecular complexity index is 1910. The van der Waals surface area contributed by atoms with Crippen molar-refractivity contribution in [2.75, 3.05) is 0 Å². The predicted octanol–water partition coefficient (Wildman–Crippen LogP) is 9.87. The highest BCUT2D eigenvalue weighted by Crippen LogP contribution is 2.49. The maximum Gasteiger partial charge on any atom is 0.0346 e. The van der Waals surface area contributed by atoms with Crippen LogP contribution in [0.3, 0.4) is 0 Å². The van der Waals surface area contributed by atoms with Crippen LogP contribution in [0.1, 0.15) is 12.0 Å². The van der Waals surface area contributed by atoms with Gasteiger partial charge in [0.2, 0.25) is 0 Å². The quantitative estimate of drug-likeness (QED) is 0.207. The standard InChI is InChI=1S/C40H29N3/c1-6-27(33-12-4-14-41-23-33)16-29(8-1)35-19-36(30-9-2-7-28(17-30)34-13-5-15-42-24-34)21-37(20-35)31-10-3-11-32(18-31)40-26-43-25-38-22-39(38)40/h1-21,23-26,38-39H,22H2. The van der Waals surface area contributed by atoms with E-state index in [0.717, 1.165) is 22.3 Å². The summed E-state index contributed by atoms with van der Waals surface area (Å²) in [5.41, 5.74) is 14.3. The van der Waals surface area contributed by atoms with Crippen molar-refractivity contribution < 1.29 is 0 Å². The number of hydrogen-bond donors (Lipinski definition) is 0. The number of pyridine rings is 2. The molecule has 0 radical (unpaired) electrons. The molecular formula is C40H29N3. The second-order valence-electron chi connectivity index (χ2n) is 11.4. The molecule has 0 spiro atoms. The van der Waals surface area contributed by atoms with Gasteiger partial charge < -0.3 is 0 Å². The number of benzene rings is 4. The van der Waals surface area contributed by atoms with Crippen LogP contribution in [0.15, 0.2) is 151 Å². The van der Waals surface area contributed by atoms with Crippen molar-refractivity contribution >= 4 is 11.8 Å². The summed E-state index contributed by atoms with van der Waals surface area (Å²) in [5.74, 6) is 1.22. The minimum Gasteiger partial charge on any atom is -0.268 e. The van der Waals surface area contributed by atoms with Gasteiger partial charge in [-0.2, -0.15) is 0 Å². The van der Waals surface area contributed by atoms with Gasteiger partial charge in [0.25, 0.3) is 0 Å². The summed E-state index contributed by atoms with van der Waals surface area (Å²) in [7, 11) is 0. The number of aliphatic imine (C=N–C) groups is 1. The van der Waals surface area contributed by atoms with Crippen molar-refractivity contribution in [1.82, 2.24) is 9.97 Å². The van der Waals surface area contributed by atoms with E-state index in [-0.39, 0.29) is 0 Å². The lowest BCUT2D eigenvalue weighted by Crippen LogP contribution is -1.95. The zero-order valence-electron chi connectivity index (χ0n) is 23.6. The maximum atomic E-state index is 4.54. The first-order chi connectivity index (χ1) is 21.3. The van der Waals surface area contributed by atoms with E-state index in [1.807, 2.05) is 36.9 Å². The molecule has 3 heterocycles. The van der Waals surface area contributed by atoms with E-state index in [4.69, 9.17) is 0 Å². The minimum atomic E-state index is 0.609. The first-order valence-electron chi connectivity index (χ1n) is 14.8. The number of aromatic nitrogens is 2. The number of allylic oxidation sites excluding steroid dienone is 1. The molecule has 0 bridgehead atoms. The summed E-state index contributed by atoms with van der Waals surface area (Å²) < 4.78 is 0. The first-order valence-corrected chi connectivity index (χ1v) is 14.8. The zero-order chi connectivity index (χ0) is 28.6. The average molecular weight is 552 g/mol. The van der Waals surface area contributed by atoms with Crippen LogP contribution in [0.5, 0.6) is 0 Å². The van der Waals surface area contributed by atoms with Crippen LogP contribution < -0.4 is 0 Å². The molecular weight excluding hydrogens is 522 g/mol. The van der Waals surface area contributed by atoms with E-state index in [2.05, 4.69) is 131 Å². The van der Waals surface area contributed by atoms with Crippen molar-refractivity contribution in [3.8, 4) is 55.6 Å². The fourth-order valence-corrected chi connectivity index (χ4v) is 6.18. The molecule has 1 fully saturated rings. The molecule has 43 heavy (non-hydrogen) atoms. The Morgan fingerprint density at radius 2 is 0.860 bits per heavy atom. The molecule has 1 aliphatic carbocycles. The van der Waals surface area contributed by atoms with Gasteiger partial charge in [0.1, 0.15) is 0 Å². The molecule has 0 saturated heterocycles. The molecule has 8 rings (SSSR count). The molecule has 0 N–H and O–H groups in total. The van der Waals surface area contributed by atoms with Gasteiger partial charge in [-0.05, 0) is 117 Å². The molecule has 0 amide bonds. The fourth-order valence-electron chi connectivity index (χ4n) is 6.18. The second kappa shape index (κ2) is 10.8. The van der Waals surface area contributed by atoms with Crippen LogP contribution in [0.25, 0.3) is 61.2 Å². The molecule has 3 nitrogen and oxygen atoms in total. The minimum absolute atomic E-state index is 0.609. The van der Waals surface area contributed by atoms with Crippen LogP contribution in [0.2, 0.25) is 0 Å². The van der Waals surface area contributed by atoms with Gasteiger partial charge in [-0.3, -0.25) is 15.0 Å². The van der Waals surface area contributed by atoms with E-state index in [1.54, 1.807) is 0 Å². The number of hydrogen-bond acceptors (Lipinski definition) is 3. The molecule has 6 aromatic rings. The number of nitrogens with zero attached hydrogens (tertiary/aromatic N) is 3. The fraction of sp³-hybridized carbons (Fsp3) is 0.0750. The third kappa shape index (κ3) is 5.11.